The van der Waals surface area contributed by atoms with E-state index in [0.29, 0.717) is 27.6 Å². The number of urea groups is 1. The lowest BCUT2D eigenvalue weighted by atomic mass is 9.97. The van der Waals surface area contributed by atoms with E-state index in [4.69, 9.17) is 21.1 Å². The molecule has 0 atom stereocenters. The Balaban J connectivity index is 1.79. The monoisotopic (exact) mass is 529 g/mol. The van der Waals surface area contributed by atoms with E-state index in [9.17, 15) is 9.59 Å². The number of aromatic nitrogens is 2. The Labute approximate surface area is 219 Å². The summed E-state index contributed by atoms with van der Waals surface area (Å²) in [5.41, 5.74) is 0.912. The number of carbonyl (C=O) groups is 2. The molecule has 0 saturated carbocycles. The third-order valence-electron chi connectivity index (χ3n) is 5.56. The van der Waals surface area contributed by atoms with Crippen molar-refractivity contribution < 1.29 is 23.5 Å². The van der Waals surface area contributed by atoms with Crippen LogP contribution in [0.25, 0.3) is 21.9 Å². The Hall–Kier alpha value is -3.66. The molecule has 11 heteroatoms. The minimum atomic E-state index is -0.696. The molecule has 2 aromatic heterocycles. The van der Waals surface area contributed by atoms with Crippen LogP contribution in [0.15, 0.2) is 24.5 Å². The molecule has 196 valence electrons. The second-order valence-electron chi connectivity index (χ2n) is 10.0. The van der Waals surface area contributed by atoms with Crippen LogP contribution in [0.1, 0.15) is 40.2 Å². The second-order valence-corrected chi connectivity index (χ2v) is 10.4. The molecule has 0 unspecified atom stereocenters. The highest BCUT2D eigenvalue weighted by molar-refractivity contribution is 6.36. The van der Waals surface area contributed by atoms with Crippen LogP contribution in [0, 0.1) is 12.7 Å². The fraction of sp³-hybridized carbons (Fsp3) is 0.385. The number of pyridine rings is 2. The van der Waals surface area contributed by atoms with Gasteiger partial charge in [-0.25, -0.2) is 23.9 Å². The number of carbonyl (C=O) groups excluding carboxylic acids is 2. The van der Waals surface area contributed by atoms with Crippen LogP contribution in [0.3, 0.4) is 0 Å². The zero-order valence-corrected chi connectivity index (χ0v) is 22.3. The lowest BCUT2D eigenvalue weighted by Gasteiger charge is -2.32. The van der Waals surface area contributed by atoms with Crippen molar-refractivity contribution in [3.05, 3.63) is 40.9 Å². The predicted molar refractivity (Wildman–Crippen MR) is 141 cm³/mol. The molecular weight excluding hydrogens is 501 g/mol. The maximum absolute atomic E-state index is 15.6. The van der Waals surface area contributed by atoms with Gasteiger partial charge in [-0.1, -0.05) is 11.6 Å². The van der Waals surface area contributed by atoms with E-state index in [1.54, 1.807) is 39.8 Å². The standard InChI is InChI=1S/C26H29ClFN5O4/c1-13(2)31-24(34)32-19-10-15-9-16(21(28)20(27)18(15)12-29-19)17-11-30-23-22(14(17)3)33(7-8-36-23)25(35)37-26(4,5)6/h9-13H,7-8H2,1-6H3,(H2,29,31,32,34). The normalized spacial score (nSPS) is 13.3. The summed E-state index contributed by atoms with van der Waals surface area (Å²) in [6.07, 6.45) is 2.35. The molecule has 0 bridgehead atoms. The number of halogens is 2. The molecule has 3 heterocycles. The number of fused-ring (bicyclic) bond motifs is 2. The van der Waals surface area contributed by atoms with Crippen molar-refractivity contribution in [1.29, 1.82) is 0 Å². The van der Waals surface area contributed by atoms with Crippen LogP contribution in [0.4, 0.5) is 25.5 Å². The van der Waals surface area contributed by atoms with E-state index in [1.165, 1.54) is 17.3 Å². The molecule has 1 aliphatic heterocycles. The highest BCUT2D eigenvalue weighted by Gasteiger charge is 2.32. The Morgan fingerprint density at radius 2 is 1.92 bits per heavy atom. The summed E-state index contributed by atoms with van der Waals surface area (Å²) >= 11 is 6.41. The predicted octanol–water partition coefficient (Wildman–Crippen LogP) is 6.06. The van der Waals surface area contributed by atoms with Crippen LogP contribution < -0.4 is 20.3 Å². The van der Waals surface area contributed by atoms with E-state index >= 15 is 4.39 Å². The smallest absolute Gasteiger partial charge is 0.415 e. The van der Waals surface area contributed by atoms with Crippen molar-refractivity contribution in [1.82, 2.24) is 15.3 Å². The Morgan fingerprint density at radius 1 is 1.19 bits per heavy atom. The zero-order valence-electron chi connectivity index (χ0n) is 21.5. The van der Waals surface area contributed by atoms with Gasteiger partial charge in [-0.05, 0) is 64.6 Å². The fourth-order valence-corrected chi connectivity index (χ4v) is 4.28. The Morgan fingerprint density at radius 3 is 2.59 bits per heavy atom. The molecule has 1 aromatic carbocycles. The number of nitrogens with zero attached hydrogens (tertiary/aromatic N) is 3. The number of rotatable bonds is 3. The average Bonchev–Trinajstić information content (AvgIpc) is 2.80. The first-order chi connectivity index (χ1) is 17.4. The number of anilines is 2. The van der Waals surface area contributed by atoms with E-state index in [2.05, 4.69) is 20.6 Å². The second kappa shape index (κ2) is 10.0. The van der Waals surface area contributed by atoms with E-state index in [1.807, 2.05) is 13.8 Å². The van der Waals surface area contributed by atoms with Gasteiger partial charge in [0.15, 0.2) is 0 Å². The van der Waals surface area contributed by atoms with Gasteiger partial charge >= 0.3 is 12.1 Å². The van der Waals surface area contributed by atoms with E-state index in [-0.39, 0.29) is 41.5 Å². The van der Waals surface area contributed by atoms with Gasteiger partial charge in [0.1, 0.15) is 29.5 Å². The van der Waals surface area contributed by atoms with Crippen LogP contribution in [-0.2, 0) is 4.74 Å². The van der Waals surface area contributed by atoms with Gasteiger partial charge < -0.3 is 14.8 Å². The van der Waals surface area contributed by atoms with Crippen molar-refractivity contribution >= 4 is 46.0 Å². The van der Waals surface area contributed by atoms with Crippen molar-refractivity contribution in [3.8, 4) is 17.0 Å². The van der Waals surface area contributed by atoms with E-state index < -0.39 is 23.5 Å². The highest BCUT2D eigenvalue weighted by atomic mass is 35.5. The van der Waals surface area contributed by atoms with Gasteiger partial charge in [0.2, 0.25) is 5.88 Å². The maximum atomic E-state index is 15.6. The quantitative estimate of drug-likeness (QED) is 0.427. The van der Waals surface area contributed by atoms with Crippen LogP contribution in [-0.4, -0.2) is 46.9 Å². The molecule has 3 aromatic rings. The molecule has 37 heavy (non-hydrogen) atoms. The maximum Gasteiger partial charge on any atom is 0.415 e. The third kappa shape index (κ3) is 5.53. The number of hydrogen-bond donors (Lipinski definition) is 2. The number of hydrogen-bond acceptors (Lipinski definition) is 6. The van der Waals surface area contributed by atoms with Crippen LogP contribution in [0.2, 0.25) is 5.02 Å². The van der Waals surface area contributed by atoms with E-state index in [0.717, 1.165) is 0 Å². The average molecular weight is 530 g/mol. The molecule has 0 aliphatic carbocycles. The molecule has 0 spiro atoms. The zero-order chi connectivity index (χ0) is 27.1. The summed E-state index contributed by atoms with van der Waals surface area (Å²) in [6.45, 7) is 11.3. The number of ether oxygens (including phenoxy) is 2. The molecule has 0 radical (unpaired) electrons. The molecule has 4 rings (SSSR count). The van der Waals surface area contributed by atoms with Gasteiger partial charge in [-0.3, -0.25) is 10.2 Å². The number of nitrogens with one attached hydrogen (secondary N) is 2. The number of amides is 3. The lowest BCUT2D eigenvalue weighted by Crippen LogP contribution is -2.42. The fourth-order valence-electron chi connectivity index (χ4n) is 4.02. The SMILES string of the molecule is Cc1c(-c2cc3cc(NC(=O)NC(C)C)ncc3c(Cl)c2F)cnc2c1N(C(=O)OC(C)(C)C)CCO2. The Bertz CT molecular complexity index is 1390. The van der Waals surface area contributed by atoms with Crippen molar-refractivity contribution in [2.24, 2.45) is 0 Å². The number of benzene rings is 1. The first-order valence-corrected chi connectivity index (χ1v) is 12.2. The largest absolute Gasteiger partial charge is 0.474 e. The molecule has 9 nitrogen and oxygen atoms in total. The molecular formula is C26H29ClFN5O4. The van der Waals surface area contributed by atoms with Crippen molar-refractivity contribution in [3.63, 3.8) is 0 Å². The van der Waals surface area contributed by atoms with Gasteiger partial charge in [0.05, 0.1) is 11.6 Å². The first kappa shape index (κ1) is 26.4. The summed E-state index contributed by atoms with van der Waals surface area (Å²) < 4.78 is 26.8. The van der Waals surface area contributed by atoms with Crippen LogP contribution >= 0.6 is 11.6 Å². The summed E-state index contributed by atoms with van der Waals surface area (Å²) in [6, 6.07) is 2.76. The van der Waals surface area contributed by atoms with Gasteiger partial charge in [-0.15, -0.1) is 0 Å². The van der Waals surface area contributed by atoms with Gasteiger partial charge in [0, 0.05) is 34.9 Å². The summed E-state index contributed by atoms with van der Waals surface area (Å²) in [7, 11) is 0. The molecule has 2 N–H and O–H groups in total. The minimum Gasteiger partial charge on any atom is -0.474 e. The van der Waals surface area contributed by atoms with Gasteiger partial charge in [0.25, 0.3) is 0 Å². The topological polar surface area (TPSA) is 106 Å². The molecule has 1 aliphatic rings. The summed E-state index contributed by atoms with van der Waals surface area (Å²) in [5, 5.41) is 6.22. The summed E-state index contributed by atoms with van der Waals surface area (Å²) in [4.78, 5) is 35.1. The minimum absolute atomic E-state index is 0.0562. The summed E-state index contributed by atoms with van der Waals surface area (Å²) in [5.74, 6) is -0.110. The van der Waals surface area contributed by atoms with Gasteiger partial charge in [-0.2, -0.15) is 0 Å². The third-order valence-corrected chi connectivity index (χ3v) is 5.93. The highest BCUT2D eigenvalue weighted by Crippen LogP contribution is 2.42. The lowest BCUT2D eigenvalue weighted by molar-refractivity contribution is 0.0566. The Kier molecular flexibility index (Phi) is 7.14. The van der Waals surface area contributed by atoms with Crippen molar-refractivity contribution in [2.45, 2.75) is 53.2 Å². The molecule has 0 saturated heterocycles. The first-order valence-electron chi connectivity index (χ1n) is 11.8. The molecule has 0 fully saturated rings. The van der Waals surface area contributed by atoms with Crippen molar-refractivity contribution in [2.75, 3.05) is 23.4 Å². The molecule has 3 amide bonds. The van der Waals surface area contributed by atoms with Crippen LogP contribution in [0.5, 0.6) is 5.88 Å².